The average Bonchev–Trinajstić information content (AvgIpc) is 2.52. The van der Waals surface area contributed by atoms with Crippen LogP contribution in [0, 0.1) is 0 Å². The molecule has 21 heavy (non-hydrogen) atoms. The normalized spacial score (nSPS) is 11.9. The summed E-state index contributed by atoms with van der Waals surface area (Å²) in [6.45, 7) is 0.552. The summed E-state index contributed by atoms with van der Waals surface area (Å²) in [6, 6.07) is 17.1. The Kier molecular flexibility index (Phi) is 5.35. The maximum Gasteiger partial charge on any atom is 0.305 e. The Labute approximate surface area is 124 Å². The van der Waals surface area contributed by atoms with Gasteiger partial charge < -0.3 is 15.2 Å². The molecule has 0 heterocycles. The summed E-state index contributed by atoms with van der Waals surface area (Å²) in [5.41, 5.74) is 1.97. The summed E-state index contributed by atoms with van der Waals surface area (Å²) < 4.78 is 5.31. The van der Waals surface area contributed by atoms with Crippen LogP contribution in [-0.4, -0.2) is 18.2 Å². The highest BCUT2D eigenvalue weighted by Crippen LogP contribution is 2.21. The van der Waals surface area contributed by atoms with Gasteiger partial charge >= 0.3 is 5.97 Å². The monoisotopic (exact) mass is 285 g/mol. The Morgan fingerprint density at radius 3 is 2.48 bits per heavy atom. The maximum absolute atomic E-state index is 11.1. The number of benzene rings is 2. The summed E-state index contributed by atoms with van der Waals surface area (Å²) in [5.74, 6) is -0.0245. The van der Waals surface area contributed by atoms with Crippen LogP contribution in [0.2, 0.25) is 0 Å². The second-order valence-electron chi connectivity index (χ2n) is 4.75. The van der Waals surface area contributed by atoms with Crippen LogP contribution in [0.15, 0.2) is 54.6 Å². The van der Waals surface area contributed by atoms with Crippen molar-refractivity contribution in [2.24, 2.45) is 0 Å². The number of para-hydroxylation sites is 1. The van der Waals surface area contributed by atoms with Crippen molar-refractivity contribution in [1.82, 2.24) is 5.32 Å². The van der Waals surface area contributed by atoms with E-state index in [2.05, 4.69) is 5.32 Å². The van der Waals surface area contributed by atoms with Gasteiger partial charge in [0.05, 0.1) is 13.5 Å². The maximum atomic E-state index is 11.1. The van der Waals surface area contributed by atoms with Gasteiger partial charge in [-0.25, -0.2) is 0 Å². The number of aliphatic carboxylic acids is 1. The van der Waals surface area contributed by atoms with Gasteiger partial charge in [-0.3, -0.25) is 4.79 Å². The van der Waals surface area contributed by atoms with E-state index >= 15 is 0 Å². The summed E-state index contributed by atoms with van der Waals surface area (Å²) in [7, 11) is 1.63. The van der Waals surface area contributed by atoms with E-state index in [1.165, 1.54) is 0 Å². The highest BCUT2D eigenvalue weighted by atomic mass is 16.5. The van der Waals surface area contributed by atoms with E-state index < -0.39 is 5.97 Å². The van der Waals surface area contributed by atoms with Gasteiger partial charge in [0.1, 0.15) is 5.75 Å². The van der Waals surface area contributed by atoms with Crippen LogP contribution in [0.5, 0.6) is 5.75 Å². The third-order valence-electron chi connectivity index (χ3n) is 3.31. The molecule has 0 bridgehead atoms. The highest BCUT2D eigenvalue weighted by Gasteiger charge is 2.15. The molecule has 110 valence electrons. The van der Waals surface area contributed by atoms with E-state index in [0.29, 0.717) is 6.54 Å². The van der Waals surface area contributed by atoms with Gasteiger partial charge in [0.25, 0.3) is 0 Å². The van der Waals surface area contributed by atoms with Crippen LogP contribution < -0.4 is 10.1 Å². The quantitative estimate of drug-likeness (QED) is 0.821. The number of hydrogen-bond acceptors (Lipinski definition) is 3. The molecule has 0 aliphatic carbocycles. The van der Waals surface area contributed by atoms with Crippen molar-refractivity contribution < 1.29 is 14.6 Å². The second-order valence-corrected chi connectivity index (χ2v) is 4.75. The Morgan fingerprint density at radius 1 is 1.14 bits per heavy atom. The first-order valence-electron chi connectivity index (χ1n) is 6.82. The fourth-order valence-corrected chi connectivity index (χ4v) is 2.25. The molecular weight excluding hydrogens is 266 g/mol. The lowest BCUT2D eigenvalue weighted by Gasteiger charge is -2.18. The van der Waals surface area contributed by atoms with Gasteiger partial charge in [0, 0.05) is 18.2 Å². The first kappa shape index (κ1) is 15.1. The van der Waals surface area contributed by atoms with Crippen LogP contribution in [0.4, 0.5) is 0 Å². The highest BCUT2D eigenvalue weighted by molar-refractivity contribution is 5.67. The second kappa shape index (κ2) is 7.45. The number of ether oxygens (including phenoxy) is 1. The van der Waals surface area contributed by atoms with Crippen molar-refractivity contribution in [3.63, 3.8) is 0 Å². The molecule has 0 fully saturated rings. The van der Waals surface area contributed by atoms with Gasteiger partial charge in [-0.15, -0.1) is 0 Å². The van der Waals surface area contributed by atoms with Crippen LogP contribution in [-0.2, 0) is 11.3 Å². The summed E-state index contributed by atoms with van der Waals surface area (Å²) in [6.07, 6.45) is 0.0408. The van der Waals surface area contributed by atoms with E-state index in [-0.39, 0.29) is 12.5 Å². The molecule has 0 amide bonds. The summed E-state index contributed by atoms with van der Waals surface area (Å²) >= 11 is 0. The van der Waals surface area contributed by atoms with Crippen molar-refractivity contribution in [3.8, 4) is 5.75 Å². The molecule has 0 aromatic heterocycles. The Morgan fingerprint density at radius 2 is 1.81 bits per heavy atom. The molecule has 0 saturated heterocycles. The number of carboxylic acids is 1. The Hall–Kier alpha value is -2.33. The number of nitrogens with one attached hydrogen (secondary N) is 1. The van der Waals surface area contributed by atoms with Gasteiger partial charge in [-0.05, 0) is 11.6 Å². The zero-order valence-electron chi connectivity index (χ0n) is 12.0. The van der Waals surface area contributed by atoms with Crippen molar-refractivity contribution in [1.29, 1.82) is 0 Å². The van der Waals surface area contributed by atoms with E-state index in [4.69, 9.17) is 9.84 Å². The average molecular weight is 285 g/mol. The van der Waals surface area contributed by atoms with Crippen molar-refractivity contribution in [3.05, 3.63) is 65.7 Å². The SMILES string of the molecule is COc1ccccc1CN[C@@H](CC(=O)O)c1ccccc1. The molecule has 0 aliphatic rings. The van der Waals surface area contributed by atoms with Crippen molar-refractivity contribution in [2.75, 3.05) is 7.11 Å². The fraction of sp³-hybridized carbons (Fsp3) is 0.235. The topological polar surface area (TPSA) is 58.6 Å². The van der Waals surface area contributed by atoms with Gasteiger partial charge in [0.2, 0.25) is 0 Å². The molecule has 0 radical (unpaired) electrons. The largest absolute Gasteiger partial charge is 0.496 e. The van der Waals surface area contributed by atoms with Crippen LogP contribution in [0.3, 0.4) is 0 Å². The fourth-order valence-electron chi connectivity index (χ4n) is 2.25. The smallest absolute Gasteiger partial charge is 0.305 e. The van der Waals surface area contributed by atoms with Crippen LogP contribution in [0.1, 0.15) is 23.6 Å². The number of carbonyl (C=O) groups is 1. The molecule has 4 heteroatoms. The number of hydrogen-bond donors (Lipinski definition) is 2. The molecule has 2 N–H and O–H groups in total. The van der Waals surface area contributed by atoms with Gasteiger partial charge in [-0.1, -0.05) is 48.5 Å². The molecule has 2 aromatic carbocycles. The predicted octanol–water partition coefficient (Wildman–Crippen LogP) is 3.00. The minimum atomic E-state index is -0.823. The third kappa shape index (κ3) is 4.33. The van der Waals surface area contributed by atoms with E-state index in [1.807, 2.05) is 54.6 Å². The summed E-state index contributed by atoms with van der Waals surface area (Å²) in [4.78, 5) is 11.1. The lowest BCUT2D eigenvalue weighted by molar-refractivity contribution is -0.137. The first-order valence-corrected chi connectivity index (χ1v) is 6.82. The zero-order valence-corrected chi connectivity index (χ0v) is 12.0. The third-order valence-corrected chi connectivity index (χ3v) is 3.31. The molecule has 0 spiro atoms. The molecule has 1 atom stereocenters. The standard InChI is InChI=1S/C17H19NO3/c1-21-16-10-6-5-9-14(16)12-18-15(11-17(19)20)13-7-3-2-4-8-13/h2-10,15,18H,11-12H2,1H3,(H,19,20)/t15-/m0/s1. The minimum absolute atomic E-state index is 0.0408. The van der Waals surface area contributed by atoms with E-state index in [1.54, 1.807) is 7.11 Å². The molecule has 0 aliphatic heterocycles. The Balaban J connectivity index is 2.11. The van der Waals surface area contributed by atoms with E-state index in [9.17, 15) is 4.79 Å². The van der Waals surface area contributed by atoms with Crippen LogP contribution in [0.25, 0.3) is 0 Å². The van der Waals surface area contributed by atoms with Crippen molar-refractivity contribution >= 4 is 5.97 Å². The van der Waals surface area contributed by atoms with Crippen molar-refractivity contribution in [2.45, 2.75) is 19.0 Å². The molecule has 2 aromatic rings. The van der Waals surface area contributed by atoms with Gasteiger partial charge in [-0.2, -0.15) is 0 Å². The predicted molar refractivity (Wildman–Crippen MR) is 81.3 cm³/mol. The number of methoxy groups -OCH3 is 1. The van der Waals surface area contributed by atoms with Gasteiger partial charge in [0.15, 0.2) is 0 Å². The molecule has 4 nitrogen and oxygen atoms in total. The Bertz CT molecular complexity index is 584. The lowest BCUT2D eigenvalue weighted by Crippen LogP contribution is -2.23. The minimum Gasteiger partial charge on any atom is -0.496 e. The molecular formula is C17H19NO3. The lowest BCUT2D eigenvalue weighted by atomic mass is 10.0. The molecule has 0 unspecified atom stereocenters. The summed E-state index contributed by atoms with van der Waals surface area (Å²) in [5, 5.41) is 12.4. The van der Waals surface area contributed by atoms with Crippen LogP contribution >= 0.6 is 0 Å². The molecule has 0 saturated carbocycles. The first-order chi connectivity index (χ1) is 10.2. The van der Waals surface area contributed by atoms with E-state index in [0.717, 1.165) is 16.9 Å². The molecule has 2 rings (SSSR count). The zero-order chi connectivity index (χ0) is 15.1. The number of carboxylic acid groups (broad SMARTS) is 1. The number of rotatable bonds is 7.